The number of aryl methyl sites for hydroxylation is 3. The van der Waals surface area contributed by atoms with E-state index >= 15 is 0 Å². The molecule has 1 heterocycles. The molecule has 0 aliphatic carbocycles. The lowest BCUT2D eigenvalue weighted by Crippen LogP contribution is -2.46. The number of aromatic nitrogens is 1. The van der Waals surface area contributed by atoms with Crippen molar-refractivity contribution in [1.82, 2.24) is 4.57 Å². The van der Waals surface area contributed by atoms with Crippen LogP contribution < -0.4 is 4.74 Å². The van der Waals surface area contributed by atoms with Gasteiger partial charge in [-0.2, -0.15) is 17.6 Å². The number of rotatable bonds is 22. The Balaban J connectivity index is 1.78. The highest BCUT2D eigenvalue weighted by atomic mass is 19.3. The predicted molar refractivity (Wildman–Crippen MR) is 169 cm³/mol. The molecule has 0 spiro atoms. The maximum Gasteiger partial charge on any atom is 0.496 e. The second-order valence-electron chi connectivity index (χ2n) is 11.5. The van der Waals surface area contributed by atoms with Gasteiger partial charge in [-0.25, -0.2) is 19.0 Å². The first kappa shape index (κ1) is 40.7. The number of hydrogen-bond acceptors (Lipinski definition) is 6. The van der Waals surface area contributed by atoms with Gasteiger partial charge < -0.3 is 14.0 Å². The van der Waals surface area contributed by atoms with Crippen LogP contribution in [-0.4, -0.2) is 48.6 Å². The van der Waals surface area contributed by atoms with Gasteiger partial charge in [0.25, 0.3) is 0 Å². The summed E-state index contributed by atoms with van der Waals surface area (Å²) in [5.74, 6) is -1.64. The summed E-state index contributed by atoms with van der Waals surface area (Å²) in [6, 6.07) is 12.7. The Bertz CT molecular complexity index is 1580. The molecule has 0 unspecified atom stereocenters. The molecule has 1 aromatic heterocycles. The van der Waals surface area contributed by atoms with Gasteiger partial charge >= 0.3 is 30.8 Å². The van der Waals surface area contributed by atoms with Gasteiger partial charge in [-0.3, -0.25) is 0 Å². The molecule has 0 saturated heterocycles. The lowest BCUT2D eigenvalue weighted by molar-refractivity contribution is -0.574. The van der Waals surface area contributed by atoms with Crippen LogP contribution in [0.4, 0.5) is 35.1 Å². The Labute approximate surface area is 285 Å². The van der Waals surface area contributed by atoms with Crippen LogP contribution >= 0.6 is 0 Å². The number of alkyl halides is 8. The Morgan fingerprint density at radius 1 is 0.780 bits per heavy atom. The number of esters is 1. The highest BCUT2D eigenvalue weighted by Gasteiger charge is 2.57. The quantitative estimate of drug-likeness (QED) is 0.0338. The maximum atomic E-state index is 14.4. The lowest BCUT2D eigenvalue weighted by Gasteiger charge is -2.27. The smallest absolute Gasteiger partial charge is 0.484 e. The van der Waals surface area contributed by atoms with Crippen LogP contribution in [0.2, 0.25) is 0 Å². The maximum absolute atomic E-state index is 14.4. The molecule has 15 heteroatoms. The van der Waals surface area contributed by atoms with E-state index in [1.807, 2.05) is 10.6 Å². The third-order valence-corrected chi connectivity index (χ3v) is 7.49. The topological polar surface area (TPSA) is 68.2 Å². The fourth-order valence-electron chi connectivity index (χ4n) is 5.20. The third kappa shape index (κ3) is 12.3. The van der Waals surface area contributed by atoms with Crippen LogP contribution in [0.15, 0.2) is 55.1 Å². The van der Waals surface area contributed by atoms with E-state index in [1.54, 1.807) is 6.07 Å². The van der Waals surface area contributed by atoms with E-state index in [2.05, 4.69) is 64.5 Å². The average Bonchev–Trinajstić information content (AvgIpc) is 3.38. The first-order valence-electron chi connectivity index (χ1n) is 16.2. The van der Waals surface area contributed by atoms with Gasteiger partial charge in [-0.15, -0.1) is 17.6 Å². The monoisotopic (exact) mass is 723 g/mol. The molecule has 0 fully saturated rings. The molecule has 7 nitrogen and oxygen atoms in total. The summed E-state index contributed by atoms with van der Waals surface area (Å²) in [5, 5.41) is 0.763. The van der Waals surface area contributed by atoms with Crippen LogP contribution in [-0.2, 0) is 43.1 Å². The van der Waals surface area contributed by atoms with E-state index in [9.17, 15) is 39.9 Å². The van der Waals surface area contributed by atoms with E-state index in [0.717, 1.165) is 73.6 Å². The number of ether oxygens (including phenoxy) is 5. The van der Waals surface area contributed by atoms with Gasteiger partial charge in [-0.1, -0.05) is 71.2 Å². The Morgan fingerprint density at radius 3 is 2.04 bits per heavy atom. The SMILES string of the molecule is C=CC(=O)OCC(F)(F)OC(F)(F)OC(F)(F)OC(F)(F)COc1ccc2cc(-c3ccc(CCCCC)cc3CC)n(CCCCC)c2c1. The highest BCUT2D eigenvalue weighted by Crippen LogP contribution is 2.38. The summed E-state index contributed by atoms with van der Waals surface area (Å²) in [6.07, 6.45) is -13.6. The molecule has 2 aromatic carbocycles. The Morgan fingerprint density at radius 2 is 1.42 bits per heavy atom. The second kappa shape index (κ2) is 17.5. The van der Waals surface area contributed by atoms with Crippen molar-refractivity contribution < 1.29 is 63.6 Å². The van der Waals surface area contributed by atoms with E-state index < -0.39 is 44.0 Å². The minimum absolute atomic E-state index is 0.171. The number of benzene rings is 2. The van der Waals surface area contributed by atoms with Crippen molar-refractivity contribution in [3.05, 3.63) is 66.2 Å². The molecule has 0 atom stereocenters. The molecule has 0 saturated carbocycles. The van der Waals surface area contributed by atoms with Crippen LogP contribution in [0, 0.1) is 0 Å². The fourth-order valence-corrected chi connectivity index (χ4v) is 5.20. The van der Waals surface area contributed by atoms with Crippen LogP contribution in [0.25, 0.3) is 22.2 Å². The van der Waals surface area contributed by atoms with Gasteiger partial charge in [0.05, 0.1) is 5.52 Å². The standard InChI is InChI=1S/C35H41F8NO6/c1-5-9-11-13-24-14-17-28(25(7-3)19-24)30-20-26-15-16-27(21-29(26)44(30)18-12-10-6-2)46-22-32(36,37)48-34(40,41)50-35(42,43)49-33(38,39)23-47-31(45)8-4/h8,14-17,19-21H,4-7,9-13,18,22-23H2,1-3H3. The van der Waals surface area contributed by atoms with Crippen molar-refractivity contribution >= 4 is 16.9 Å². The molecule has 0 aliphatic rings. The largest absolute Gasteiger partial charge is 0.496 e. The first-order valence-corrected chi connectivity index (χ1v) is 16.2. The van der Waals surface area contributed by atoms with E-state index in [-0.39, 0.29) is 5.75 Å². The molecule has 0 bridgehead atoms. The summed E-state index contributed by atoms with van der Waals surface area (Å²) in [4.78, 5) is 10.9. The zero-order valence-electron chi connectivity index (χ0n) is 28.0. The summed E-state index contributed by atoms with van der Waals surface area (Å²) >= 11 is 0. The molecule has 3 rings (SSSR count). The number of nitrogens with zero attached hydrogens (tertiary/aromatic N) is 1. The average molecular weight is 724 g/mol. The van der Waals surface area contributed by atoms with Gasteiger partial charge in [0.2, 0.25) is 0 Å². The molecule has 3 aromatic rings. The van der Waals surface area contributed by atoms with E-state index in [4.69, 9.17) is 4.74 Å². The molecule has 50 heavy (non-hydrogen) atoms. The summed E-state index contributed by atoms with van der Waals surface area (Å²) in [5.41, 5.74) is 4.93. The van der Waals surface area contributed by atoms with Crippen LogP contribution in [0.1, 0.15) is 70.4 Å². The second-order valence-corrected chi connectivity index (χ2v) is 11.5. The van der Waals surface area contributed by atoms with Crippen LogP contribution in [0.5, 0.6) is 5.75 Å². The fraction of sp³-hybridized carbons (Fsp3) is 0.514. The van der Waals surface area contributed by atoms with Crippen molar-refractivity contribution in [1.29, 1.82) is 0 Å². The number of carbonyl (C=O) groups excluding carboxylic acids is 1. The van der Waals surface area contributed by atoms with Gasteiger partial charge in [0.15, 0.2) is 13.2 Å². The Kier molecular flexibility index (Phi) is 14.3. The molecule has 0 radical (unpaired) electrons. The first-order chi connectivity index (χ1) is 23.4. The zero-order valence-corrected chi connectivity index (χ0v) is 28.0. The molecule has 0 aliphatic heterocycles. The normalized spacial score (nSPS) is 12.8. The van der Waals surface area contributed by atoms with Crippen molar-refractivity contribution in [3.63, 3.8) is 0 Å². The zero-order chi connectivity index (χ0) is 37.2. The third-order valence-electron chi connectivity index (χ3n) is 7.49. The van der Waals surface area contributed by atoms with Crippen molar-refractivity contribution in [3.8, 4) is 17.0 Å². The van der Waals surface area contributed by atoms with E-state index in [1.165, 1.54) is 17.7 Å². The Hall–Kier alpha value is -3.69. The number of hydrogen-bond donors (Lipinski definition) is 0. The van der Waals surface area contributed by atoms with Crippen molar-refractivity contribution in [2.24, 2.45) is 0 Å². The summed E-state index contributed by atoms with van der Waals surface area (Å²) < 4.78 is 131. The van der Waals surface area contributed by atoms with Crippen molar-refractivity contribution in [2.75, 3.05) is 13.2 Å². The van der Waals surface area contributed by atoms with Crippen LogP contribution in [0.3, 0.4) is 0 Å². The molecular formula is C35H41F8NO6. The van der Waals surface area contributed by atoms with Crippen molar-refractivity contribution in [2.45, 2.75) is 103 Å². The number of halogens is 8. The molecule has 278 valence electrons. The molecule has 0 amide bonds. The van der Waals surface area contributed by atoms with E-state index in [0.29, 0.717) is 18.1 Å². The number of carbonyl (C=O) groups is 1. The molecule has 0 N–H and O–H groups in total. The van der Waals surface area contributed by atoms with Gasteiger partial charge in [0, 0.05) is 35.3 Å². The van der Waals surface area contributed by atoms with Gasteiger partial charge in [-0.05, 0) is 55.0 Å². The highest BCUT2D eigenvalue weighted by molar-refractivity contribution is 5.88. The lowest BCUT2D eigenvalue weighted by atomic mass is 9.97. The van der Waals surface area contributed by atoms with Gasteiger partial charge in [0.1, 0.15) is 5.75 Å². The molecular weight excluding hydrogens is 682 g/mol. The predicted octanol–water partition coefficient (Wildman–Crippen LogP) is 10.2. The summed E-state index contributed by atoms with van der Waals surface area (Å²) in [7, 11) is 0. The minimum atomic E-state index is -5.87. The summed E-state index contributed by atoms with van der Waals surface area (Å²) in [6.45, 7) is 5.70. The number of fused-ring (bicyclic) bond motifs is 1. The number of unbranched alkanes of at least 4 members (excludes halogenated alkanes) is 4. The minimum Gasteiger partial charge on any atom is -0.484 e.